The topological polar surface area (TPSA) is 41.9 Å². The van der Waals surface area contributed by atoms with Crippen LogP contribution in [0, 0.1) is 0 Å². The number of hydrogen-bond donors (Lipinski definition) is 0. The molecule has 0 bridgehead atoms. The van der Waals surface area contributed by atoms with Crippen molar-refractivity contribution in [3.8, 4) is 5.75 Å². The molecule has 2 heterocycles. The average Bonchev–Trinajstić information content (AvgIpc) is 2.94. The van der Waals surface area contributed by atoms with E-state index in [2.05, 4.69) is 11.9 Å². The second-order valence-electron chi connectivity index (χ2n) is 5.47. The van der Waals surface area contributed by atoms with Gasteiger partial charge >= 0.3 is 0 Å². The Hall–Kier alpha value is -1.14. The van der Waals surface area contributed by atoms with Gasteiger partial charge in [0.15, 0.2) is 0 Å². The van der Waals surface area contributed by atoms with Crippen molar-refractivity contribution in [3.05, 3.63) is 24.3 Å². The molecule has 1 saturated heterocycles. The van der Waals surface area contributed by atoms with E-state index in [-0.39, 0.29) is 11.2 Å². The average molecular weight is 336 g/mol. The Labute approximate surface area is 139 Å². The summed E-state index contributed by atoms with van der Waals surface area (Å²) in [6, 6.07) is 8.09. The van der Waals surface area contributed by atoms with Crippen LogP contribution in [0.4, 0.5) is 5.69 Å². The first-order valence-electron chi connectivity index (χ1n) is 7.50. The summed E-state index contributed by atoms with van der Waals surface area (Å²) in [5.41, 5.74) is 0.870. The molecule has 1 amide bonds. The van der Waals surface area contributed by atoms with Gasteiger partial charge in [-0.3, -0.25) is 9.79 Å². The highest BCUT2D eigenvalue weighted by molar-refractivity contribution is 8.39. The van der Waals surface area contributed by atoms with Crippen molar-refractivity contribution in [2.45, 2.75) is 31.1 Å². The summed E-state index contributed by atoms with van der Waals surface area (Å²) in [7, 11) is 1.64. The number of amides is 1. The predicted molar refractivity (Wildman–Crippen MR) is 95.3 cm³/mol. The molecule has 2 unspecified atom stereocenters. The summed E-state index contributed by atoms with van der Waals surface area (Å²) in [6.45, 7) is 2.87. The van der Waals surface area contributed by atoms with Crippen molar-refractivity contribution in [2.24, 2.45) is 4.99 Å². The smallest absolute Gasteiger partial charge is 0.240 e. The lowest BCUT2D eigenvalue weighted by molar-refractivity contribution is -0.119. The van der Waals surface area contributed by atoms with E-state index in [9.17, 15) is 4.79 Å². The van der Waals surface area contributed by atoms with Gasteiger partial charge in [-0.25, -0.2) is 0 Å². The number of ether oxygens (including phenoxy) is 1. The molecular weight excluding hydrogens is 316 g/mol. The number of aliphatic imine (C=N–C) groups is 1. The molecule has 3 rings (SSSR count). The zero-order chi connectivity index (χ0) is 15.5. The first-order valence-corrected chi connectivity index (χ1v) is 9.37. The van der Waals surface area contributed by atoms with Crippen LogP contribution in [0.25, 0.3) is 0 Å². The fraction of sp³-hybridized carbons (Fsp3) is 0.500. The van der Waals surface area contributed by atoms with Gasteiger partial charge in [0.1, 0.15) is 10.1 Å². The Morgan fingerprint density at radius 3 is 2.95 bits per heavy atom. The zero-order valence-electron chi connectivity index (χ0n) is 12.8. The lowest BCUT2D eigenvalue weighted by atomic mass is 10.1. The van der Waals surface area contributed by atoms with Crippen LogP contribution in [-0.2, 0) is 4.79 Å². The molecule has 2 aliphatic heterocycles. The first kappa shape index (κ1) is 15.7. The van der Waals surface area contributed by atoms with Gasteiger partial charge < -0.3 is 9.64 Å². The van der Waals surface area contributed by atoms with Gasteiger partial charge in [-0.15, -0.1) is 0 Å². The third-order valence-electron chi connectivity index (χ3n) is 3.78. The molecule has 4 nitrogen and oxygen atoms in total. The molecule has 2 aliphatic rings. The highest BCUT2D eigenvalue weighted by atomic mass is 32.2. The van der Waals surface area contributed by atoms with E-state index < -0.39 is 0 Å². The monoisotopic (exact) mass is 336 g/mol. The van der Waals surface area contributed by atoms with Crippen LogP contribution in [0.2, 0.25) is 0 Å². The van der Waals surface area contributed by atoms with E-state index in [0.717, 1.165) is 41.0 Å². The lowest BCUT2D eigenvalue weighted by Crippen LogP contribution is -2.43. The summed E-state index contributed by atoms with van der Waals surface area (Å²) in [6.07, 6.45) is 1.93. The Bertz CT molecular complexity index is 591. The van der Waals surface area contributed by atoms with Gasteiger partial charge in [0.05, 0.1) is 24.1 Å². The summed E-state index contributed by atoms with van der Waals surface area (Å²) >= 11 is 3.40. The fourth-order valence-corrected chi connectivity index (χ4v) is 5.21. The number of piperidine rings is 1. The van der Waals surface area contributed by atoms with Crippen molar-refractivity contribution in [2.75, 3.05) is 24.3 Å². The van der Waals surface area contributed by atoms with E-state index in [1.807, 2.05) is 29.2 Å². The van der Waals surface area contributed by atoms with Crippen molar-refractivity contribution in [1.29, 1.82) is 0 Å². The first-order chi connectivity index (χ1) is 10.7. The number of nitrogens with zero attached hydrogens (tertiary/aromatic N) is 2. The van der Waals surface area contributed by atoms with Crippen molar-refractivity contribution in [1.82, 2.24) is 0 Å². The molecule has 0 saturated carbocycles. The molecule has 22 heavy (non-hydrogen) atoms. The normalized spacial score (nSPS) is 25.3. The van der Waals surface area contributed by atoms with Gasteiger partial charge in [-0.2, -0.15) is 0 Å². The van der Waals surface area contributed by atoms with Crippen molar-refractivity contribution < 1.29 is 9.53 Å². The summed E-state index contributed by atoms with van der Waals surface area (Å²) in [5, 5.41) is -0.0322. The van der Waals surface area contributed by atoms with E-state index >= 15 is 0 Å². The number of benzene rings is 1. The highest BCUT2D eigenvalue weighted by Gasteiger charge is 2.33. The minimum absolute atomic E-state index is 0.0322. The Morgan fingerprint density at radius 2 is 2.23 bits per heavy atom. The third-order valence-corrected chi connectivity index (χ3v) is 6.45. The Kier molecular flexibility index (Phi) is 4.98. The van der Waals surface area contributed by atoms with Gasteiger partial charge in [0, 0.05) is 12.3 Å². The van der Waals surface area contributed by atoms with Crippen molar-refractivity contribution in [3.63, 3.8) is 0 Å². The number of carbonyl (C=O) groups is 1. The van der Waals surface area contributed by atoms with Crippen LogP contribution >= 0.6 is 23.5 Å². The van der Waals surface area contributed by atoms with Crippen LogP contribution < -0.4 is 9.64 Å². The van der Waals surface area contributed by atoms with Crippen LogP contribution in [-0.4, -0.2) is 41.0 Å². The predicted octanol–water partition coefficient (Wildman–Crippen LogP) is 3.42. The van der Waals surface area contributed by atoms with Gasteiger partial charge in [-0.1, -0.05) is 35.7 Å². The number of para-hydroxylation sites is 2. The molecule has 1 fully saturated rings. The third kappa shape index (κ3) is 3.27. The molecule has 118 valence electrons. The molecule has 0 N–H and O–H groups in total. The molecule has 0 spiro atoms. The second kappa shape index (κ2) is 6.96. The minimum Gasteiger partial charge on any atom is -0.495 e. The van der Waals surface area contributed by atoms with E-state index in [0.29, 0.717) is 6.04 Å². The molecule has 1 aromatic carbocycles. The molecule has 2 atom stereocenters. The van der Waals surface area contributed by atoms with Crippen LogP contribution in [0.3, 0.4) is 0 Å². The standard InChI is InChI=1S/C16H20N2O2S2/c1-11-10-21-16(17-11)22-14-8-5-9-18(15(14)19)12-6-3-4-7-13(12)20-2/h3-4,6-7,11,14H,5,8-10H2,1-2H3. The van der Waals surface area contributed by atoms with Gasteiger partial charge in [0.2, 0.25) is 5.91 Å². The molecule has 1 aromatic rings. The second-order valence-corrected chi connectivity index (χ2v) is 7.92. The Morgan fingerprint density at radius 1 is 1.41 bits per heavy atom. The quantitative estimate of drug-likeness (QED) is 0.848. The summed E-state index contributed by atoms with van der Waals surface area (Å²) < 4.78 is 6.46. The lowest BCUT2D eigenvalue weighted by Gasteiger charge is -2.32. The van der Waals surface area contributed by atoms with E-state index in [1.165, 1.54) is 0 Å². The molecule has 0 aliphatic carbocycles. The number of methoxy groups -OCH3 is 1. The largest absolute Gasteiger partial charge is 0.495 e. The summed E-state index contributed by atoms with van der Waals surface area (Å²) in [5.74, 6) is 1.95. The Balaban J connectivity index is 1.76. The van der Waals surface area contributed by atoms with E-state index in [1.54, 1.807) is 30.6 Å². The van der Waals surface area contributed by atoms with Crippen molar-refractivity contribution >= 4 is 39.5 Å². The number of anilines is 1. The van der Waals surface area contributed by atoms with Gasteiger partial charge in [-0.05, 0) is 31.9 Å². The summed E-state index contributed by atoms with van der Waals surface area (Å²) in [4.78, 5) is 19.3. The maximum absolute atomic E-state index is 12.8. The minimum atomic E-state index is -0.0322. The van der Waals surface area contributed by atoms with Crippen LogP contribution in [0.5, 0.6) is 5.75 Å². The number of rotatable bonds is 3. The number of carbonyl (C=O) groups excluding carboxylic acids is 1. The molecule has 6 heteroatoms. The molecule has 0 radical (unpaired) electrons. The van der Waals surface area contributed by atoms with E-state index in [4.69, 9.17) is 4.74 Å². The maximum atomic E-state index is 12.8. The van der Waals surface area contributed by atoms with Crippen LogP contribution in [0.15, 0.2) is 29.3 Å². The fourth-order valence-electron chi connectivity index (χ4n) is 2.68. The number of hydrogen-bond acceptors (Lipinski definition) is 5. The zero-order valence-corrected chi connectivity index (χ0v) is 14.5. The SMILES string of the molecule is COc1ccccc1N1CCCC(SC2=NC(C)CS2)C1=O. The highest BCUT2D eigenvalue weighted by Crippen LogP contribution is 2.36. The van der Waals surface area contributed by atoms with Crippen LogP contribution in [0.1, 0.15) is 19.8 Å². The molecule has 0 aromatic heterocycles. The molecular formula is C16H20N2O2S2. The number of thioether (sulfide) groups is 2. The maximum Gasteiger partial charge on any atom is 0.240 e. The van der Waals surface area contributed by atoms with Gasteiger partial charge in [0.25, 0.3) is 0 Å².